The van der Waals surface area contributed by atoms with Crippen molar-refractivity contribution < 1.29 is 9.59 Å². The number of rotatable bonds is 4. The number of ketones is 1. The Labute approximate surface area is 93.9 Å². The zero-order valence-electron chi connectivity index (χ0n) is 8.99. The lowest BCUT2D eigenvalue weighted by atomic mass is 10.1. The van der Waals surface area contributed by atoms with Crippen molar-refractivity contribution in [3.05, 3.63) is 29.8 Å². The summed E-state index contributed by atoms with van der Waals surface area (Å²) in [4.78, 5) is 22.4. The molecule has 1 aromatic carbocycles. The summed E-state index contributed by atoms with van der Waals surface area (Å²) < 4.78 is 0. The van der Waals surface area contributed by atoms with Gasteiger partial charge < -0.3 is 5.32 Å². The Hall–Kier alpha value is -2.15. The normalized spacial score (nSPS) is 9.25. The van der Waals surface area contributed by atoms with Crippen LogP contribution in [0.4, 0.5) is 5.69 Å². The van der Waals surface area contributed by atoms with Crippen molar-refractivity contribution in [2.75, 3.05) is 5.32 Å². The van der Waals surface area contributed by atoms with Crippen molar-refractivity contribution in [2.45, 2.75) is 19.8 Å². The van der Waals surface area contributed by atoms with E-state index in [-0.39, 0.29) is 24.5 Å². The van der Waals surface area contributed by atoms with Crippen LogP contribution < -0.4 is 5.32 Å². The van der Waals surface area contributed by atoms with Crippen LogP contribution in [-0.4, -0.2) is 11.7 Å². The van der Waals surface area contributed by atoms with Crippen LogP contribution in [0.5, 0.6) is 0 Å². The molecule has 0 aliphatic heterocycles. The largest absolute Gasteiger partial charge is 0.326 e. The molecule has 0 bridgehead atoms. The highest BCUT2D eigenvalue weighted by Crippen LogP contribution is 2.11. The molecule has 0 spiro atoms. The van der Waals surface area contributed by atoms with E-state index in [9.17, 15) is 9.59 Å². The van der Waals surface area contributed by atoms with Crippen molar-refractivity contribution >= 4 is 17.4 Å². The fourth-order valence-electron chi connectivity index (χ4n) is 1.21. The highest BCUT2D eigenvalue weighted by Gasteiger charge is 2.04. The minimum Gasteiger partial charge on any atom is -0.326 e. The molecule has 0 heterocycles. The Balaban J connectivity index is 2.67. The van der Waals surface area contributed by atoms with E-state index in [1.54, 1.807) is 24.3 Å². The molecule has 1 amide bonds. The van der Waals surface area contributed by atoms with E-state index < -0.39 is 0 Å². The molecule has 4 nitrogen and oxygen atoms in total. The number of anilines is 1. The van der Waals surface area contributed by atoms with Crippen LogP contribution in [0.3, 0.4) is 0 Å². The Morgan fingerprint density at radius 1 is 1.44 bits per heavy atom. The first kappa shape index (κ1) is 11.9. The first-order valence-corrected chi connectivity index (χ1v) is 4.91. The third kappa shape index (κ3) is 3.54. The second-order valence-corrected chi connectivity index (χ2v) is 3.34. The summed E-state index contributed by atoms with van der Waals surface area (Å²) in [5.74, 6) is -0.268. The van der Waals surface area contributed by atoms with Gasteiger partial charge in [-0.1, -0.05) is 12.1 Å². The monoisotopic (exact) mass is 216 g/mol. The molecule has 82 valence electrons. The van der Waals surface area contributed by atoms with Crippen LogP contribution in [-0.2, 0) is 4.79 Å². The van der Waals surface area contributed by atoms with Crippen LogP contribution in [0.15, 0.2) is 24.3 Å². The van der Waals surface area contributed by atoms with Crippen LogP contribution in [0.2, 0.25) is 0 Å². The van der Waals surface area contributed by atoms with E-state index in [2.05, 4.69) is 5.32 Å². The minimum absolute atomic E-state index is 0.0480. The van der Waals surface area contributed by atoms with Gasteiger partial charge in [-0.3, -0.25) is 9.59 Å². The van der Waals surface area contributed by atoms with Crippen molar-refractivity contribution in [3.8, 4) is 6.07 Å². The van der Waals surface area contributed by atoms with Gasteiger partial charge in [0.1, 0.15) is 0 Å². The van der Waals surface area contributed by atoms with Gasteiger partial charge in [0.15, 0.2) is 5.78 Å². The summed E-state index contributed by atoms with van der Waals surface area (Å²) in [6.07, 6.45) is 0.360. The Kier molecular flexibility index (Phi) is 4.22. The fourth-order valence-corrected chi connectivity index (χ4v) is 1.21. The van der Waals surface area contributed by atoms with E-state index in [1.807, 2.05) is 6.07 Å². The number of hydrogen-bond donors (Lipinski definition) is 1. The second-order valence-electron chi connectivity index (χ2n) is 3.34. The number of Topliss-reactive ketones (excluding diaryl/α,β-unsaturated/α-hetero) is 1. The summed E-state index contributed by atoms with van der Waals surface area (Å²) in [6.45, 7) is 1.47. The Bertz CT molecular complexity index is 447. The number of amides is 1. The van der Waals surface area contributed by atoms with E-state index in [0.29, 0.717) is 11.3 Å². The third-order valence-corrected chi connectivity index (χ3v) is 2.02. The van der Waals surface area contributed by atoms with Crippen LogP contribution in [0.1, 0.15) is 30.1 Å². The maximum atomic E-state index is 11.3. The molecule has 1 rings (SSSR count). The quantitative estimate of drug-likeness (QED) is 0.784. The maximum Gasteiger partial charge on any atom is 0.225 e. The standard InChI is InChI=1S/C12H12N2O2/c1-9(15)10-4-2-5-11(8-10)14-12(16)6-3-7-13/h2,4-5,8H,3,6H2,1H3,(H,14,16). The molecule has 0 saturated carbocycles. The average molecular weight is 216 g/mol. The number of carbonyl (C=O) groups excluding carboxylic acids is 2. The molecule has 4 heteroatoms. The molecule has 16 heavy (non-hydrogen) atoms. The van der Waals surface area contributed by atoms with Gasteiger partial charge >= 0.3 is 0 Å². The average Bonchev–Trinajstić information content (AvgIpc) is 2.26. The molecule has 0 atom stereocenters. The number of nitriles is 1. The van der Waals surface area contributed by atoms with Crippen molar-refractivity contribution in [2.24, 2.45) is 0 Å². The molecule has 0 unspecified atom stereocenters. The summed E-state index contributed by atoms with van der Waals surface area (Å²) in [5, 5.41) is 11.0. The number of nitrogens with zero attached hydrogens (tertiary/aromatic N) is 1. The molecule has 0 aliphatic carbocycles. The summed E-state index contributed by atoms with van der Waals surface area (Å²) in [6, 6.07) is 8.61. The number of hydrogen-bond acceptors (Lipinski definition) is 3. The molecular weight excluding hydrogens is 204 g/mol. The Morgan fingerprint density at radius 2 is 2.19 bits per heavy atom. The van der Waals surface area contributed by atoms with E-state index in [0.717, 1.165) is 0 Å². The van der Waals surface area contributed by atoms with Crippen molar-refractivity contribution in [1.82, 2.24) is 0 Å². The Morgan fingerprint density at radius 3 is 2.81 bits per heavy atom. The van der Waals surface area contributed by atoms with Gasteiger partial charge in [-0.15, -0.1) is 0 Å². The molecule has 0 fully saturated rings. The second kappa shape index (κ2) is 5.66. The molecule has 0 aliphatic rings. The molecule has 0 radical (unpaired) electrons. The molecule has 0 saturated heterocycles. The van der Waals surface area contributed by atoms with E-state index >= 15 is 0 Å². The minimum atomic E-state index is -0.220. The van der Waals surface area contributed by atoms with Gasteiger partial charge in [-0.2, -0.15) is 5.26 Å². The highest BCUT2D eigenvalue weighted by molar-refractivity contribution is 5.97. The predicted octanol–water partition coefficient (Wildman–Crippen LogP) is 2.13. The molecular formula is C12H12N2O2. The third-order valence-electron chi connectivity index (χ3n) is 2.02. The van der Waals surface area contributed by atoms with Gasteiger partial charge in [-0.25, -0.2) is 0 Å². The first-order valence-electron chi connectivity index (χ1n) is 4.91. The number of benzene rings is 1. The lowest BCUT2D eigenvalue weighted by Crippen LogP contribution is -2.11. The highest BCUT2D eigenvalue weighted by atomic mass is 16.1. The van der Waals surface area contributed by atoms with Crippen LogP contribution >= 0.6 is 0 Å². The number of nitrogens with one attached hydrogen (secondary N) is 1. The molecule has 1 N–H and O–H groups in total. The van der Waals surface area contributed by atoms with Crippen molar-refractivity contribution in [3.63, 3.8) is 0 Å². The topological polar surface area (TPSA) is 70.0 Å². The van der Waals surface area contributed by atoms with E-state index in [1.165, 1.54) is 6.92 Å². The lowest BCUT2D eigenvalue weighted by Gasteiger charge is -2.04. The van der Waals surface area contributed by atoms with Gasteiger partial charge in [0, 0.05) is 24.1 Å². The van der Waals surface area contributed by atoms with Crippen molar-refractivity contribution in [1.29, 1.82) is 5.26 Å². The van der Waals surface area contributed by atoms with Gasteiger partial charge in [0.2, 0.25) is 5.91 Å². The van der Waals surface area contributed by atoms with Gasteiger partial charge in [0.25, 0.3) is 0 Å². The SMILES string of the molecule is CC(=O)c1cccc(NC(=O)CCC#N)c1. The van der Waals surface area contributed by atoms with Crippen LogP contribution in [0.25, 0.3) is 0 Å². The van der Waals surface area contributed by atoms with Gasteiger partial charge in [-0.05, 0) is 19.1 Å². The predicted molar refractivity (Wildman–Crippen MR) is 59.9 cm³/mol. The molecule has 0 aromatic heterocycles. The lowest BCUT2D eigenvalue weighted by molar-refractivity contribution is -0.116. The number of carbonyl (C=O) groups is 2. The first-order chi connectivity index (χ1) is 7.63. The summed E-state index contributed by atoms with van der Waals surface area (Å²) in [5.41, 5.74) is 1.13. The fraction of sp³-hybridized carbons (Fsp3) is 0.250. The maximum absolute atomic E-state index is 11.3. The van der Waals surface area contributed by atoms with E-state index in [4.69, 9.17) is 5.26 Å². The molecule has 1 aromatic rings. The summed E-state index contributed by atoms with van der Waals surface area (Å²) >= 11 is 0. The zero-order chi connectivity index (χ0) is 12.0. The van der Waals surface area contributed by atoms with Gasteiger partial charge in [0.05, 0.1) is 6.07 Å². The van der Waals surface area contributed by atoms with Crippen LogP contribution in [0, 0.1) is 11.3 Å². The smallest absolute Gasteiger partial charge is 0.225 e. The zero-order valence-corrected chi connectivity index (χ0v) is 8.99. The summed E-state index contributed by atoms with van der Waals surface area (Å²) in [7, 11) is 0.